The van der Waals surface area contributed by atoms with E-state index in [9.17, 15) is 0 Å². The molecule has 12 rings (SSSR count). The Bertz CT molecular complexity index is 3500. The lowest BCUT2D eigenvalue weighted by Gasteiger charge is -2.14. The number of furan rings is 1. The molecule has 0 aliphatic rings. The number of para-hydroxylation sites is 1. The van der Waals surface area contributed by atoms with Crippen LogP contribution in [0.1, 0.15) is 0 Å². The van der Waals surface area contributed by atoms with Gasteiger partial charge in [0.05, 0.1) is 27.7 Å². The average Bonchev–Trinajstić information content (AvgIpc) is 3.85. The van der Waals surface area contributed by atoms with Crippen LogP contribution < -0.4 is 0 Å². The largest absolute Gasteiger partial charge is 0.455 e. The highest BCUT2D eigenvalue weighted by Gasteiger charge is 2.24. The summed E-state index contributed by atoms with van der Waals surface area (Å²) >= 11 is 0. The van der Waals surface area contributed by atoms with Gasteiger partial charge in [-0.25, -0.2) is 15.0 Å². The molecule has 12 aromatic rings. The second kappa shape index (κ2) is 12.8. The van der Waals surface area contributed by atoms with Gasteiger partial charge < -0.3 is 8.98 Å². The van der Waals surface area contributed by atoms with E-state index in [1.807, 2.05) is 72.8 Å². The van der Waals surface area contributed by atoms with E-state index in [2.05, 4.69) is 126 Å². The zero-order valence-corrected chi connectivity index (χ0v) is 31.2. The number of fused-ring (bicyclic) bond motifs is 9. The van der Waals surface area contributed by atoms with Gasteiger partial charge in [0.15, 0.2) is 17.5 Å². The molecule has 0 N–H and O–H groups in total. The van der Waals surface area contributed by atoms with Gasteiger partial charge in [-0.2, -0.15) is 0 Å². The minimum Gasteiger partial charge on any atom is -0.455 e. The van der Waals surface area contributed by atoms with Crippen LogP contribution in [-0.2, 0) is 0 Å². The standard InChI is InChI=1S/C53H32N4O/c1-3-16-35(17-4-1)51-54-52(36-18-5-2-6-19-36)56-53(55-51)43-29-31-46(48-42-23-11-12-25-47(42)58-50(43)48)57-45-30-27-37(39-24-13-20-33-14-7-9-21-38(33)39)32-44(45)41-28-26-34-15-8-10-22-40(34)49(41)57/h1-32H. The van der Waals surface area contributed by atoms with Gasteiger partial charge in [-0.05, 0) is 57.6 Å². The molecule has 0 spiro atoms. The number of nitrogens with zero attached hydrogens (tertiary/aromatic N) is 4. The fourth-order valence-corrected chi connectivity index (χ4v) is 8.78. The van der Waals surface area contributed by atoms with Crippen molar-refractivity contribution < 1.29 is 4.42 Å². The van der Waals surface area contributed by atoms with Crippen molar-refractivity contribution >= 4 is 65.3 Å². The Kier molecular flexibility index (Phi) is 7.16. The second-order valence-corrected chi connectivity index (χ2v) is 14.7. The first-order valence-electron chi connectivity index (χ1n) is 19.5. The summed E-state index contributed by atoms with van der Waals surface area (Å²) in [5, 5.41) is 9.25. The van der Waals surface area contributed by atoms with Crippen molar-refractivity contribution in [3.63, 3.8) is 0 Å². The van der Waals surface area contributed by atoms with Crippen molar-refractivity contribution in [1.82, 2.24) is 19.5 Å². The number of hydrogen-bond donors (Lipinski definition) is 0. The van der Waals surface area contributed by atoms with Crippen LogP contribution >= 0.6 is 0 Å². The zero-order chi connectivity index (χ0) is 38.2. The second-order valence-electron chi connectivity index (χ2n) is 14.7. The van der Waals surface area contributed by atoms with Gasteiger partial charge in [-0.1, -0.05) is 164 Å². The molecule has 5 heteroatoms. The molecular weight excluding hydrogens is 709 g/mol. The summed E-state index contributed by atoms with van der Waals surface area (Å²) < 4.78 is 9.32. The molecule has 0 saturated heterocycles. The first-order chi connectivity index (χ1) is 28.8. The van der Waals surface area contributed by atoms with Crippen molar-refractivity contribution in [2.75, 3.05) is 0 Å². The predicted molar refractivity (Wildman–Crippen MR) is 238 cm³/mol. The highest BCUT2D eigenvalue weighted by molar-refractivity contribution is 6.22. The summed E-state index contributed by atoms with van der Waals surface area (Å²) in [6.07, 6.45) is 0. The summed E-state index contributed by atoms with van der Waals surface area (Å²) in [6.45, 7) is 0. The molecule has 0 saturated carbocycles. The fourth-order valence-electron chi connectivity index (χ4n) is 8.78. The molecule has 0 amide bonds. The lowest BCUT2D eigenvalue weighted by atomic mass is 9.97. The maximum Gasteiger partial charge on any atom is 0.167 e. The van der Waals surface area contributed by atoms with Gasteiger partial charge >= 0.3 is 0 Å². The summed E-state index contributed by atoms with van der Waals surface area (Å²) in [6, 6.07) is 68.1. The molecule has 5 nitrogen and oxygen atoms in total. The van der Waals surface area contributed by atoms with Crippen molar-refractivity contribution in [2.45, 2.75) is 0 Å². The summed E-state index contributed by atoms with van der Waals surface area (Å²) in [7, 11) is 0. The Balaban J connectivity index is 1.16. The third kappa shape index (κ3) is 5.00. The van der Waals surface area contributed by atoms with E-state index < -0.39 is 0 Å². The smallest absolute Gasteiger partial charge is 0.167 e. The van der Waals surface area contributed by atoms with Gasteiger partial charge in [0.2, 0.25) is 0 Å². The summed E-state index contributed by atoms with van der Waals surface area (Å²) in [4.78, 5) is 15.2. The third-order valence-corrected chi connectivity index (χ3v) is 11.4. The maximum atomic E-state index is 6.88. The molecule has 58 heavy (non-hydrogen) atoms. The van der Waals surface area contributed by atoms with Crippen molar-refractivity contribution in [3.05, 3.63) is 194 Å². The number of hydrogen-bond acceptors (Lipinski definition) is 4. The minimum absolute atomic E-state index is 0.552. The third-order valence-electron chi connectivity index (χ3n) is 11.4. The molecule has 0 bridgehead atoms. The maximum absolute atomic E-state index is 6.88. The van der Waals surface area contributed by atoms with Gasteiger partial charge in [0.1, 0.15) is 11.2 Å². The zero-order valence-electron chi connectivity index (χ0n) is 31.2. The molecule has 270 valence electrons. The van der Waals surface area contributed by atoms with Crippen LogP contribution in [0, 0.1) is 0 Å². The van der Waals surface area contributed by atoms with E-state index in [1.165, 1.54) is 43.4 Å². The van der Waals surface area contributed by atoms with E-state index in [4.69, 9.17) is 19.4 Å². The Hall–Kier alpha value is -7.89. The van der Waals surface area contributed by atoms with Crippen LogP contribution in [0.25, 0.3) is 116 Å². The summed E-state index contributed by atoms with van der Waals surface area (Å²) in [5.41, 5.74) is 9.87. The highest BCUT2D eigenvalue weighted by Crippen LogP contribution is 2.44. The van der Waals surface area contributed by atoms with Gasteiger partial charge in [0, 0.05) is 32.7 Å². The lowest BCUT2D eigenvalue weighted by molar-refractivity contribution is 0.669. The van der Waals surface area contributed by atoms with Gasteiger partial charge in [-0.15, -0.1) is 0 Å². The van der Waals surface area contributed by atoms with Gasteiger partial charge in [0.25, 0.3) is 0 Å². The van der Waals surface area contributed by atoms with Crippen molar-refractivity contribution in [3.8, 4) is 51.0 Å². The van der Waals surface area contributed by atoms with Gasteiger partial charge in [-0.3, -0.25) is 0 Å². The normalized spacial score (nSPS) is 11.8. The average molecular weight is 741 g/mol. The number of aromatic nitrogens is 4. The first-order valence-corrected chi connectivity index (χ1v) is 19.5. The van der Waals surface area contributed by atoms with Crippen LogP contribution in [0.15, 0.2) is 199 Å². The molecule has 0 atom stereocenters. The number of rotatable bonds is 5. The van der Waals surface area contributed by atoms with Crippen LogP contribution in [0.2, 0.25) is 0 Å². The SMILES string of the molecule is c1ccc(-c2nc(-c3ccccc3)nc(-c3ccc(-n4c5ccc(-c6cccc7ccccc67)cc5c5ccc6ccccc6c54)c4c3oc3ccccc34)n2)cc1. The fraction of sp³-hybridized carbons (Fsp3) is 0. The van der Waals surface area contributed by atoms with Crippen molar-refractivity contribution in [2.24, 2.45) is 0 Å². The predicted octanol–water partition coefficient (Wildman–Crippen LogP) is 13.8. The van der Waals surface area contributed by atoms with Crippen LogP contribution in [-0.4, -0.2) is 19.5 Å². The van der Waals surface area contributed by atoms with E-state index in [1.54, 1.807) is 0 Å². The van der Waals surface area contributed by atoms with E-state index in [0.29, 0.717) is 17.5 Å². The minimum atomic E-state index is 0.552. The molecule has 9 aromatic carbocycles. The Morgan fingerprint density at radius 1 is 0.379 bits per heavy atom. The van der Waals surface area contributed by atoms with Crippen LogP contribution in [0.3, 0.4) is 0 Å². The Labute approximate surface area is 333 Å². The topological polar surface area (TPSA) is 56.7 Å². The molecule has 0 aliphatic heterocycles. The first kappa shape index (κ1) is 32.4. The van der Waals surface area contributed by atoms with Crippen molar-refractivity contribution in [1.29, 1.82) is 0 Å². The van der Waals surface area contributed by atoms with E-state index in [0.717, 1.165) is 55.3 Å². The molecule has 0 aliphatic carbocycles. The molecule has 3 heterocycles. The van der Waals surface area contributed by atoms with Crippen LogP contribution in [0.5, 0.6) is 0 Å². The molecule has 0 radical (unpaired) electrons. The molecule has 3 aromatic heterocycles. The Morgan fingerprint density at radius 3 is 1.76 bits per heavy atom. The summed E-state index contributed by atoms with van der Waals surface area (Å²) in [5.74, 6) is 1.76. The quantitative estimate of drug-likeness (QED) is 0.176. The molecule has 0 unspecified atom stereocenters. The molecule has 0 fully saturated rings. The van der Waals surface area contributed by atoms with E-state index in [-0.39, 0.29) is 0 Å². The monoisotopic (exact) mass is 740 g/mol. The highest BCUT2D eigenvalue weighted by atomic mass is 16.3. The van der Waals surface area contributed by atoms with Crippen LogP contribution in [0.4, 0.5) is 0 Å². The lowest BCUT2D eigenvalue weighted by Crippen LogP contribution is -2.01. The Morgan fingerprint density at radius 2 is 1.00 bits per heavy atom. The van der Waals surface area contributed by atoms with E-state index >= 15 is 0 Å². The number of benzene rings is 9. The molecular formula is C53H32N4O.